The molecule has 23 heavy (non-hydrogen) atoms. The molecule has 0 unspecified atom stereocenters. The Bertz CT molecular complexity index is 730. The van der Waals surface area contributed by atoms with Crippen LogP contribution in [-0.2, 0) is 21.9 Å². The number of carbonyl (C=O) groups excluding carboxylic acids is 1. The van der Waals surface area contributed by atoms with E-state index >= 15 is 0 Å². The zero-order valence-electron chi connectivity index (χ0n) is 13.1. The normalized spacial score (nSPS) is 15.3. The molecule has 0 radical (unpaired) electrons. The second kappa shape index (κ2) is 6.36. The fourth-order valence-corrected chi connectivity index (χ4v) is 2.73. The van der Waals surface area contributed by atoms with Crippen LogP contribution in [0.15, 0.2) is 60.7 Å². The lowest BCUT2D eigenvalue weighted by molar-refractivity contribution is -0.178. The number of benzene rings is 2. The van der Waals surface area contributed by atoms with Crippen LogP contribution in [0.2, 0.25) is 0 Å². The van der Waals surface area contributed by atoms with Gasteiger partial charge in [-0.05, 0) is 23.8 Å². The van der Waals surface area contributed by atoms with Crippen molar-refractivity contribution in [2.45, 2.75) is 12.4 Å². The summed E-state index contributed by atoms with van der Waals surface area (Å²) in [7, 11) is 3.09. The molecule has 0 amide bonds. The lowest BCUT2D eigenvalue weighted by Gasteiger charge is -2.32. The molecular weight excluding hydrogens is 292 g/mol. The van der Waals surface area contributed by atoms with E-state index in [2.05, 4.69) is 0 Å². The van der Waals surface area contributed by atoms with E-state index in [-0.39, 0.29) is 5.78 Å². The third-order valence-corrected chi connectivity index (χ3v) is 3.95. The van der Waals surface area contributed by atoms with Crippen LogP contribution in [0.5, 0.6) is 5.75 Å². The Morgan fingerprint density at radius 2 is 1.70 bits per heavy atom. The van der Waals surface area contributed by atoms with Gasteiger partial charge < -0.3 is 14.2 Å². The molecule has 2 aromatic carbocycles. The summed E-state index contributed by atoms with van der Waals surface area (Å²) in [4.78, 5) is 12.4. The summed E-state index contributed by atoms with van der Waals surface area (Å²) in [6.07, 6.45) is 3.09. The number of rotatable bonds is 5. The Morgan fingerprint density at radius 1 is 0.957 bits per heavy atom. The van der Waals surface area contributed by atoms with Gasteiger partial charge in [0.2, 0.25) is 5.79 Å². The lowest BCUT2D eigenvalue weighted by Crippen LogP contribution is -2.33. The predicted octanol–water partition coefficient (Wildman–Crippen LogP) is 3.46. The largest absolute Gasteiger partial charge is 0.488 e. The summed E-state index contributed by atoms with van der Waals surface area (Å²) in [5.41, 5.74) is 2.17. The van der Waals surface area contributed by atoms with Crippen LogP contribution < -0.4 is 4.74 Å². The van der Waals surface area contributed by atoms with Gasteiger partial charge in [-0.1, -0.05) is 42.5 Å². The Hall–Kier alpha value is -2.43. The van der Waals surface area contributed by atoms with E-state index in [1.165, 1.54) is 6.08 Å². The average Bonchev–Trinajstić information content (AvgIpc) is 2.62. The number of fused-ring (bicyclic) bond motifs is 1. The average molecular weight is 310 g/mol. The number of ketones is 1. The zero-order chi connectivity index (χ0) is 16.3. The van der Waals surface area contributed by atoms with Crippen molar-refractivity contribution < 1.29 is 19.0 Å². The number of hydrogen-bond donors (Lipinski definition) is 0. The topological polar surface area (TPSA) is 44.8 Å². The number of hydrogen-bond acceptors (Lipinski definition) is 4. The van der Waals surface area contributed by atoms with E-state index in [9.17, 15) is 4.79 Å². The molecule has 0 bridgehead atoms. The van der Waals surface area contributed by atoms with Crippen LogP contribution in [0, 0.1) is 0 Å². The van der Waals surface area contributed by atoms with Crippen LogP contribution >= 0.6 is 0 Å². The Kier molecular flexibility index (Phi) is 4.28. The highest BCUT2D eigenvalue weighted by Gasteiger charge is 2.38. The molecule has 0 saturated carbocycles. The fraction of sp³-hybridized carbons (Fsp3) is 0.211. The van der Waals surface area contributed by atoms with Gasteiger partial charge in [-0.15, -0.1) is 0 Å². The second-order valence-electron chi connectivity index (χ2n) is 5.23. The van der Waals surface area contributed by atoms with Crippen molar-refractivity contribution in [1.29, 1.82) is 0 Å². The minimum Gasteiger partial charge on any atom is -0.488 e. The minimum atomic E-state index is -1.06. The molecule has 4 heteroatoms. The highest BCUT2D eigenvalue weighted by molar-refractivity contribution is 6.09. The summed E-state index contributed by atoms with van der Waals surface area (Å²) in [5.74, 6) is -0.650. The Balaban J connectivity index is 1.97. The molecule has 118 valence electrons. The Morgan fingerprint density at radius 3 is 2.39 bits per heavy atom. The third kappa shape index (κ3) is 2.79. The number of allylic oxidation sites excluding steroid dienone is 1. The maximum absolute atomic E-state index is 12.4. The van der Waals surface area contributed by atoms with Crippen LogP contribution in [0.3, 0.4) is 0 Å². The monoisotopic (exact) mass is 310 g/mol. The van der Waals surface area contributed by atoms with Crippen molar-refractivity contribution in [3.63, 3.8) is 0 Å². The highest BCUT2D eigenvalue weighted by Crippen LogP contribution is 2.38. The zero-order valence-corrected chi connectivity index (χ0v) is 13.1. The molecule has 0 spiro atoms. The molecule has 0 saturated heterocycles. The van der Waals surface area contributed by atoms with E-state index in [4.69, 9.17) is 14.2 Å². The summed E-state index contributed by atoms with van der Waals surface area (Å²) in [5, 5.41) is 0. The number of methoxy groups -OCH3 is 2. The van der Waals surface area contributed by atoms with Crippen molar-refractivity contribution >= 4 is 5.78 Å². The van der Waals surface area contributed by atoms with Gasteiger partial charge in [0.05, 0.1) is 5.56 Å². The molecule has 0 atom stereocenters. The number of carbonyl (C=O) groups is 1. The highest BCUT2D eigenvalue weighted by atomic mass is 16.7. The van der Waals surface area contributed by atoms with Gasteiger partial charge in [-0.3, -0.25) is 4.79 Å². The van der Waals surface area contributed by atoms with Crippen LogP contribution in [-0.4, -0.2) is 20.0 Å². The van der Waals surface area contributed by atoms with Crippen molar-refractivity contribution in [2.24, 2.45) is 0 Å². The Labute approximate surface area is 135 Å². The van der Waals surface area contributed by atoms with E-state index in [1.54, 1.807) is 26.4 Å². The summed E-state index contributed by atoms with van der Waals surface area (Å²) < 4.78 is 16.9. The first-order valence-corrected chi connectivity index (χ1v) is 7.34. The van der Waals surface area contributed by atoms with Gasteiger partial charge in [-0.2, -0.15) is 0 Å². The maximum atomic E-state index is 12.4. The van der Waals surface area contributed by atoms with Crippen LogP contribution in [0.4, 0.5) is 0 Å². The molecule has 0 aromatic heterocycles. The molecule has 0 fully saturated rings. The first-order valence-electron chi connectivity index (χ1n) is 7.34. The second-order valence-corrected chi connectivity index (χ2v) is 5.23. The summed E-state index contributed by atoms with van der Waals surface area (Å²) in [6.45, 7) is 0.390. The SMILES string of the molecule is COC1(OC)C=CC(=O)c2c(OCc3ccccc3)cccc21. The van der Waals surface area contributed by atoms with Gasteiger partial charge in [-0.25, -0.2) is 0 Å². The minimum absolute atomic E-state index is 0.117. The van der Waals surface area contributed by atoms with E-state index in [1.807, 2.05) is 42.5 Å². The maximum Gasteiger partial charge on any atom is 0.215 e. The van der Waals surface area contributed by atoms with Gasteiger partial charge in [0, 0.05) is 19.8 Å². The van der Waals surface area contributed by atoms with E-state index in [0.29, 0.717) is 23.5 Å². The molecular formula is C19H18O4. The van der Waals surface area contributed by atoms with Crippen LogP contribution in [0.1, 0.15) is 21.5 Å². The molecule has 1 aliphatic rings. The predicted molar refractivity (Wildman–Crippen MR) is 86.4 cm³/mol. The molecule has 3 rings (SSSR count). The van der Waals surface area contributed by atoms with Crippen molar-refractivity contribution in [3.8, 4) is 5.75 Å². The number of ether oxygens (including phenoxy) is 3. The standard InChI is InChI=1S/C19H18O4/c1-21-19(22-2)12-11-16(20)18-15(19)9-6-10-17(18)23-13-14-7-4-3-5-8-14/h3-12H,13H2,1-2H3. The molecule has 4 nitrogen and oxygen atoms in total. The fourth-order valence-electron chi connectivity index (χ4n) is 2.73. The summed E-state index contributed by atoms with van der Waals surface area (Å²) >= 11 is 0. The van der Waals surface area contributed by atoms with Crippen molar-refractivity contribution in [3.05, 3.63) is 77.4 Å². The molecule has 0 heterocycles. The smallest absolute Gasteiger partial charge is 0.215 e. The third-order valence-electron chi connectivity index (χ3n) is 3.95. The van der Waals surface area contributed by atoms with Crippen molar-refractivity contribution in [1.82, 2.24) is 0 Å². The van der Waals surface area contributed by atoms with Crippen molar-refractivity contribution in [2.75, 3.05) is 14.2 Å². The van der Waals surface area contributed by atoms with E-state index < -0.39 is 5.79 Å². The van der Waals surface area contributed by atoms with E-state index in [0.717, 1.165) is 5.56 Å². The molecule has 1 aliphatic carbocycles. The molecule has 2 aromatic rings. The lowest BCUT2D eigenvalue weighted by atomic mass is 9.90. The van der Waals surface area contributed by atoms with Gasteiger partial charge in [0.25, 0.3) is 0 Å². The molecule has 0 aliphatic heterocycles. The van der Waals surface area contributed by atoms with Gasteiger partial charge in [0.1, 0.15) is 12.4 Å². The van der Waals surface area contributed by atoms with Crippen LogP contribution in [0.25, 0.3) is 0 Å². The molecule has 0 N–H and O–H groups in total. The quantitative estimate of drug-likeness (QED) is 0.793. The first kappa shape index (κ1) is 15.5. The first-order chi connectivity index (χ1) is 11.2. The van der Waals surface area contributed by atoms with Gasteiger partial charge in [0.15, 0.2) is 5.78 Å². The van der Waals surface area contributed by atoms with Gasteiger partial charge >= 0.3 is 0 Å². The summed E-state index contributed by atoms with van der Waals surface area (Å²) in [6, 6.07) is 15.2.